The van der Waals surface area contributed by atoms with E-state index in [1.54, 1.807) is 7.05 Å². The monoisotopic (exact) mass is 304 g/mol. The minimum Gasteiger partial charge on any atom is -0.370 e. The van der Waals surface area contributed by atoms with Crippen LogP contribution in [0.4, 0.5) is 5.13 Å². The molecular weight excluding hydrogens is 288 g/mol. The van der Waals surface area contributed by atoms with E-state index in [0.717, 1.165) is 17.1 Å². The lowest BCUT2D eigenvalue weighted by Crippen LogP contribution is -2.21. The van der Waals surface area contributed by atoms with Gasteiger partial charge in [-0.3, -0.25) is 9.79 Å². The maximum Gasteiger partial charge on any atom is 0.217 e. The minimum absolute atomic E-state index is 0.0864. The Bertz CT molecular complexity index is 666. The van der Waals surface area contributed by atoms with Crippen LogP contribution in [0.25, 0.3) is 11.4 Å². The number of guanidine groups is 1. The number of hydrogen-bond acceptors (Lipinski definition) is 5. The quantitative estimate of drug-likeness (QED) is 0.581. The fraction of sp³-hybridized carbons (Fsp3) is 0.231. The zero-order valence-corrected chi connectivity index (χ0v) is 12.6. The number of aromatic nitrogens is 2. The molecule has 0 fully saturated rings. The van der Waals surface area contributed by atoms with E-state index in [0.29, 0.717) is 17.6 Å². The molecule has 2 aromatic rings. The third-order valence-electron chi connectivity index (χ3n) is 2.57. The van der Waals surface area contributed by atoms with E-state index in [1.165, 1.54) is 18.3 Å². The van der Waals surface area contributed by atoms with Crippen LogP contribution in [0.1, 0.15) is 12.6 Å². The van der Waals surface area contributed by atoms with Crippen LogP contribution in [0.3, 0.4) is 0 Å². The van der Waals surface area contributed by atoms with Crippen molar-refractivity contribution < 1.29 is 4.79 Å². The van der Waals surface area contributed by atoms with E-state index in [9.17, 15) is 4.79 Å². The van der Waals surface area contributed by atoms with Gasteiger partial charge in [0, 0.05) is 19.4 Å². The second-order valence-corrected chi connectivity index (χ2v) is 5.05. The molecule has 2 aromatic heterocycles. The maximum atomic E-state index is 10.9. The first-order valence-electron chi connectivity index (χ1n) is 6.24. The Morgan fingerprint density at radius 2 is 2.19 bits per heavy atom. The number of pyridine rings is 1. The van der Waals surface area contributed by atoms with Gasteiger partial charge >= 0.3 is 0 Å². The van der Waals surface area contributed by atoms with E-state index >= 15 is 0 Å². The Morgan fingerprint density at radius 3 is 2.90 bits per heavy atom. The van der Waals surface area contributed by atoms with Gasteiger partial charge < -0.3 is 16.4 Å². The molecule has 0 aliphatic rings. The first-order valence-corrected chi connectivity index (χ1v) is 7.12. The Labute approximate surface area is 126 Å². The van der Waals surface area contributed by atoms with Gasteiger partial charge in [-0.2, -0.15) is 0 Å². The van der Waals surface area contributed by atoms with E-state index in [1.807, 2.05) is 23.6 Å². The first kappa shape index (κ1) is 14.9. The van der Waals surface area contributed by atoms with E-state index in [4.69, 9.17) is 5.73 Å². The standard InChI is InChI=1S/C13H16N6OS/c1-8(20)16-6-9-4-3-5-10(17-9)11-7-21-13(18-11)19-12(14)15-2/h3-5,7H,6H2,1-2H3,(H,16,20)(H3,14,15,18,19). The fourth-order valence-corrected chi connectivity index (χ4v) is 2.26. The molecule has 0 aromatic carbocycles. The van der Waals surface area contributed by atoms with Gasteiger partial charge in [0.05, 0.1) is 17.9 Å². The van der Waals surface area contributed by atoms with Crippen LogP contribution in [0, 0.1) is 0 Å². The molecule has 110 valence electrons. The maximum absolute atomic E-state index is 10.9. The van der Waals surface area contributed by atoms with Crippen molar-refractivity contribution in [3.8, 4) is 11.4 Å². The number of hydrogen-bond donors (Lipinski definition) is 3. The van der Waals surface area contributed by atoms with Crippen molar-refractivity contribution in [3.63, 3.8) is 0 Å². The molecule has 1 amide bonds. The van der Waals surface area contributed by atoms with Crippen molar-refractivity contribution in [3.05, 3.63) is 29.3 Å². The molecule has 0 spiro atoms. The molecule has 0 aliphatic heterocycles. The summed E-state index contributed by atoms with van der Waals surface area (Å²) in [6.07, 6.45) is 0. The van der Waals surface area contributed by atoms with E-state index in [2.05, 4.69) is 25.6 Å². The van der Waals surface area contributed by atoms with Crippen LogP contribution in [-0.4, -0.2) is 28.9 Å². The zero-order chi connectivity index (χ0) is 15.2. The number of thiazole rings is 1. The Hall–Kier alpha value is -2.48. The van der Waals surface area contributed by atoms with Gasteiger partial charge in [-0.25, -0.2) is 9.97 Å². The lowest BCUT2D eigenvalue weighted by atomic mass is 10.2. The molecule has 0 aliphatic carbocycles. The predicted octanol–water partition coefficient (Wildman–Crippen LogP) is 1.20. The van der Waals surface area contributed by atoms with Gasteiger partial charge in [-0.15, -0.1) is 11.3 Å². The van der Waals surface area contributed by atoms with Crippen LogP contribution in [0.2, 0.25) is 0 Å². The molecule has 0 atom stereocenters. The van der Waals surface area contributed by atoms with Crippen molar-refractivity contribution in [2.24, 2.45) is 10.7 Å². The molecule has 0 unspecified atom stereocenters. The first-order chi connectivity index (χ1) is 10.1. The Kier molecular flexibility index (Phi) is 4.83. The largest absolute Gasteiger partial charge is 0.370 e. The molecule has 2 heterocycles. The van der Waals surface area contributed by atoms with Gasteiger partial charge in [-0.1, -0.05) is 6.07 Å². The SMILES string of the molecule is CN=C(N)Nc1nc(-c2cccc(CNC(C)=O)n2)cs1. The number of nitrogens with one attached hydrogen (secondary N) is 2. The van der Waals surface area contributed by atoms with Crippen LogP contribution in [-0.2, 0) is 11.3 Å². The van der Waals surface area contributed by atoms with Gasteiger partial charge in [0.15, 0.2) is 11.1 Å². The normalized spacial score (nSPS) is 11.2. The molecular formula is C13H16N6OS. The molecule has 2 rings (SSSR count). The summed E-state index contributed by atoms with van der Waals surface area (Å²) in [6, 6.07) is 5.61. The lowest BCUT2D eigenvalue weighted by Gasteiger charge is -2.03. The number of amides is 1. The summed E-state index contributed by atoms with van der Waals surface area (Å²) in [7, 11) is 1.60. The fourth-order valence-electron chi connectivity index (χ4n) is 1.55. The molecule has 8 heteroatoms. The molecule has 0 saturated heterocycles. The number of rotatable bonds is 4. The van der Waals surface area contributed by atoms with Gasteiger partial charge in [0.2, 0.25) is 5.91 Å². The molecule has 0 radical (unpaired) electrons. The molecule has 21 heavy (non-hydrogen) atoms. The summed E-state index contributed by atoms with van der Waals surface area (Å²) in [5.41, 5.74) is 7.86. The number of carbonyl (C=O) groups excluding carboxylic acids is 1. The zero-order valence-electron chi connectivity index (χ0n) is 11.8. The summed E-state index contributed by atoms with van der Waals surface area (Å²) >= 11 is 1.42. The van der Waals surface area contributed by atoms with Crippen molar-refractivity contribution in [2.75, 3.05) is 12.4 Å². The second kappa shape index (κ2) is 6.80. The number of carbonyl (C=O) groups is 1. The summed E-state index contributed by atoms with van der Waals surface area (Å²) in [6.45, 7) is 1.87. The van der Waals surface area contributed by atoms with Crippen molar-refractivity contribution in [1.29, 1.82) is 0 Å². The highest BCUT2D eigenvalue weighted by atomic mass is 32.1. The molecule has 0 saturated carbocycles. The Morgan fingerprint density at radius 1 is 1.38 bits per heavy atom. The average Bonchev–Trinajstić information content (AvgIpc) is 2.94. The van der Waals surface area contributed by atoms with Crippen LogP contribution in [0.15, 0.2) is 28.6 Å². The van der Waals surface area contributed by atoms with Crippen LogP contribution >= 0.6 is 11.3 Å². The molecule has 7 nitrogen and oxygen atoms in total. The number of aliphatic imine (C=N–C) groups is 1. The van der Waals surface area contributed by atoms with E-state index in [-0.39, 0.29) is 5.91 Å². The van der Waals surface area contributed by atoms with Crippen molar-refractivity contribution in [1.82, 2.24) is 15.3 Å². The number of nitrogens with two attached hydrogens (primary N) is 1. The van der Waals surface area contributed by atoms with Gasteiger partial charge in [0.25, 0.3) is 0 Å². The van der Waals surface area contributed by atoms with Crippen molar-refractivity contribution in [2.45, 2.75) is 13.5 Å². The summed E-state index contributed by atoms with van der Waals surface area (Å²) in [5.74, 6) is 0.222. The lowest BCUT2D eigenvalue weighted by molar-refractivity contribution is -0.119. The second-order valence-electron chi connectivity index (χ2n) is 4.20. The Balaban J connectivity index is 2.14. The third kappa shape index (κ3) is 4.25. The predicted molar refractivity (Wildman–Crippen MR) is 84.0 cm³/mol. The van der Waals surface area contributed by atoms with Crippen LogP contribution in [0.5, 0.6) is 0 Å². The highest BCUT2D eigenvalue weighted by Gasteiger charge is 2.07. The number of anilines is 1. The average molecular weight is 304 g/mol. The third-order valence-corrected chi connectivity index (χ3v) is 3.33. The summed E-state index contributed by atoms with van der Waals surface area (Å²) < 4.78 is 0. The smallest absolute Gasteiger partial charge is 0.217 e. The molecule has 0 bridgehead atoms. The highest BCUT2D eigenvalue weighted by Crippen LogP contribution is 2.23. The van der Waals surface area contributed by atoms with Gasteiger partial charge in [-0.05, 0) is 12.1 Å². The van der Waals surface area contributed by atoms with E-state index < -0.39 is 0 Å². The molecule has 4 N–H and O–H groups in total. The topological polar surface area (TPSA) is 105 Å². The summed E-state index contributed by atoms with van der Waals surface area (Å²) in [5, 5.41) is 8.14. The van der Waals surface area contributed by atoms with Crippen LogP contribution < -0.4 is 16.4 Å². The minimum atomic E-state index is -0.0864. The highest BCUT2D eigenvalue weighted by molar-refractivity contribution is 7.14. The summed E-state index contributed by atoms with van der Waals surface area (Å²) in [4.78, 5) is 23.6. The number of nitrogens with zero attached hydrogens (tertiary/aromatic N) is 3. The van der Waals surface area contributed by atoms with Crippen molar-refractivity contribution >= 4 is 28.3 Å². The van der Waals surface area contributed by atoms with Gasteiger partial charge in [0.1, 0.15) is 5.69 Å².